The molecule has 0 N–H and O–H groups in total. The molecule has 18 heavy (non-hydrogen) atoms. The van der Waals surface area contributed by atoms with Crippen molar-refractivity contribution in [2.24, 2.45) is 5.92 Å². The van der Waals surface area contributed by atoms with Crippen LogP contribution in [0.4, 0.5) is 0 Å². The van der Waals surface area contributed by atoms with Crippen molar-refractivity contribution in [3.8, 4) is 0 Å². The summed E-state index contributed by atoms with van der Waals surface area (Å²) in [7, 11) is 0. The van der Waals surface area contributed by atoms with Gasteiger partial charge in [-0.2, -0.15) is 0 Å². The first-order chi connectivity index (χ1) is 8.68. The van der Waals surface area contributed by atoms with Crippen LogP contribution in [0.15, 0.2) is 36.0 Å². The highest BCUT2D eigenvalue weighted by Gasteiger charge is 2.01. The second kappa shape index (κ2) is 8.87. The molecule has 1 aromatic rings. The Morgan fingerprint density at radius 1 is 1.33 bits per heavy atom. The first-order valence-electron chi connectivity index (χ1n) is 6.79. The molecule has 0 aliphatic rings. The summed E-state index contributed by atoms with van der Waals surface area (Å²) >= 11 is 0. The zero-order valence-electron chi connectivity index (χ0n) is 11.9. The highest BCUT2D eigenvalue weighted by atomic mass is 16.5. The van der Waals surface area contributed by atoms with Crippen LogP contribution in [-0.4, -0.2) is 11.6 Å². The van der Waals surface area contributed by atoms with E-state index in [0.717, 1.165) is 24.6 Å². The predicted molar refractivity (Wildman–Crippen MR) is 76.3 cm³/mol. The van der Waals surface area contributed by atoms with E-state index in [0.29, 0.717) is 6.61 Å². The molecule has 0 aliphatic heterocycles. The maximum Gasteiger partial charge on any atom is 0.0887 e. The fourth-order valence-corrected chi connectivity index (χ4v) is 1.75. The van der Waals surface area contributed by atoms with Gasteiger partial charge in [0.25, 0.3) is 0 Å². The fraction of sp³-hybridized carbons (Fsp3) is 0.562. The van der Waals surface area contributed by atoms with Crippen LogP contribution in [0.25, 0.3) is 0 Å². The molecule has 1 rings (SSSR count). The van der Waals surface area contributed by atoms with Gasteiger partial charge in [0.1, 0.15) is 0 Å². The molecule has 1 aromatic heterocycles. The Kier molecular flexibility index (Phi) is 7.35. The third-order valence-corrected chi connectivity index (χ3v) is 2.94. The maximum atomic E-state index is 5.64. The summed E-state index contributed by atoms with van der Waals surface area (Å²) in [4.78, 5) is 4.23. The van der Waals surface area contributed by atoms with Crippen molar-refractivity contribution in [1.29, 1.82) is 0 Å². The molecule has 0 saturated heterocycles. The summed E-state index contributed by atoms with van der Waals surface area (Å²) < 4.78 is 5.64. The standard InChI is InChI=1S/C16H25NO/c1-14(2)7-6-8-15(3)10-12-18-13-16-9-4-5-11-17-16/h4-5,7,9,11,15H,6,8,10,12-13H2,1-3H3. The number of ether oxygens (including phenoxy) is 1. The molecular weight excluding hydrogens is 222 g/mol. The van der Waals surface area contributed by atoms with E-state index in [1.165, 1.54) is 18.4 Å². The predicted octanol–water partition coefficient (Wildman–Crippen LogP) is 4.37. The molecular formula is C16H25NO. The summed E-state index contributed by atoms with van der Waals surface area (Å²) in [6, 6.07) is 5.92. The number of hydrogen-bond donors (Lipinski definition) is 0. The molecule has 0 amide bonds. The third kappa shape index (κ3) is 7.23. The van der Waals surface area contributed by atoms with Gasteiger partial charge in [0, 0.05) is 12.8 Å². The topological polar surface area (TPSA) is 22.1 Å². The Labute approximate surface area is 111 Å². The van der Waals surface area contributed by atoms with Crippen LogP contribution < -0.4 is 0 Å². The van der Waals surface area contributed by atoms with E-state index in [4.69, 9.17) is 4.74 Å². The normalized spacial score (nSPS) is 12.2. The van der Waals surface area contributed by atoms with Crippen molar-refractivity contribution in [2.75, 3.05) is 6.61 Å². The van der Waals surface area contributed by atoms with Gasteiger partial charge in [0.15, 0.2) is 0 Å². The van der Waals surface area contributed by atoms with Crippen LogP contribution in [0.3, 0.4) is 0 Å². The number of hydrogen-bond acceptors (Lipinski definition) is 2. The van der Waals surface area contributed by atoms with Crippen molar-refractivity contribution >= 4 is 0 Å². The van der Waals surface area contributed by atoms with Crippen LogP contribution in [-0.2, 0) is 11.3 Å². The third-order valence-electron chi connectivity index (χ3n) is 2.94. The van der Waals surface area contributed by atoms with Crippen molar-refractivity contribution in [3.05, 3.63) is 41.7 Å². The van der Waals surface area contributed by atoms with Crippen LogP contribution in [0.2, 0.25) is 0 Å². The lowest BCUT2D eigenvalue weighted by Gasteiger charge is -2.10. The Morgan fingerprint density at radius 3 is 2.83 bits per heavy atom. The van der Waals surface area contributed by atoms with Gasteiger partial charge in [-0.15, -0.1) is 0 Å². The van der Waals surface area contributed by atoms with Crippen molar-refractivity contribution in [1.82, 2.24) is 4.98 Å². The Bertz CT molecular complexity index is 341. The molecule has 1 atom stereocenters. The molecule has 0 radical (unpaired) electrons. The summed E-state index contributed by atoms with van der Waals surface area (Å²) in [6.07, 6.45) is 7.68. The number of allylic oxidation sites excluding steroid dienone is 2. The molecule has 2 nitrogen and oxygen atoms in total. The molecule has 0 aromatic carbocycles. The number of nitrogens with zero attached hydrogens (tertiary/aromatic N) is 1. The Hall–Kier alpha value is -1.15. The molecule has 0 bridgehead atoms. The fourth-order valence-electron chi connectivity index (χ4n) is 1.75. The van der Waals surface area contributed by atoms with Gasteiger partial charge >= 0.3 is 0 Å². The lowest BCUT2D eigenvalue weighted by atomic mass is 10.0. The van der Waals surface area contributed by atoms with E-state index in [1.807, 2.05) is 18.2 Å². The van der Waals surface area contributed by atoms with Crippen LogP contribution in [0.5, 0.6) is 0 Å². The van der Waals surface area contributed by atoms with Gasteiger partial charge in [0.05, 0.1) is 12.3 Å². The second-order valence-corrected chi connectivity index (χ2v) is 5.13. The summed E-state index contributed by atoms with van der Waals surface area (Å²) in [5, 5.41) is 0. The van der Waals surface area contributed by atoms with Gasteiger partial charge < -0.3 is 4.74 Å². The second-order valence-electron chi connectivity index (χ2n) is 5.13. The molecule has 0 aliphatic carbocycles. The van der Waals surface area contributed by atoms with E-state index in [1.54, 1.807) is 6.20 Å². The van der Waals surface area contributed by atoms with Crippen LogP contribution >= 0.6 is 0 Å². The first-order valence-corrected chi connectivity index (χ1v) is 6.79. The molecule has 1 heterocycles. The maximum absolute atomic E-state index is 5.64. The Morgan fingerprint density at radius 2 is 2.17 bits per heavy atom. The first kappa shape index (κ1) is 14.9. The molecule has 0 spiro atoms. The van der Waals surface area contributed by atoms with Crippen LogP contribution in [0, 0.1) is 5.92 Å². The van der Waals surface area contributed by atoms with Gasteiger partial charge in [-0.25, -0.2) is 0 Å². The summed E-state index contributed by atoms with van der Waals surface area (Å²) in [5.41, 5.74) is 2.42. The summed E-state index contributed by atoms with van der Waals surface area (Å²) in [6.45, 7) is 8.05. The average molecular weight is 247 g/mol. The van der Waals surface area contributed by atoms with Gasteiger partial charge in [0.2, 0.25) is 0 Å². The van der Waals surface area contributed by atoms with Crippen molar-refractivity contribution in [2.45, 2.75) is 46.6 Å². The van der Waals surface area contributed by atoms with E-state index in [2.05, 4.69) is 31.8 Å². The largest absolute Gasteiger partial charge is 0.375 e. The van der Waals surface area contributed by atoms with Gasteiger partial charge in [-0.05, 0) is 51.2 Å². The molecule has 1 unspecified atom stereocenters. The number of aromatic nitrogens is 1. The van der Waals surface area contributed by atoms with E-state index in [9.17, 15) is 0 Å². The smallest absolute Gasteiger partial charge is 0.0887 e. The minimum atomic E-state index is 0.627. The molecule has 100 valence electrons. The zero-order valence-corrected chi connectivity index (χ0v) is 11.9. The minimum Gasteiger partial charge on any atom is -0.375 e. The molecule has 2 heteroatoms. The SMILES string of the molecule is CC(C)=CCCC(C)CCOCc1ccccn1. The average Bonchev–Trinajstić information content (AvgIpc) is 2.35. The highest BCUT2D eigenvalue weighted by molar-refractivity contribution is 5.01. The number of pyridine rings is 1. The molecule has 0 fully saturated rings. The lowest BCUT2D eigenvalue weighted by molar-refractivity contribution is 0.106. The Balaban J connectivity index is 2.05. The molecule has 0 saturated carbocycles. The van der Waals surface area contributed by atoms with Crippen molar-refractivity contribution < 1.29 is 4.74 Å². The zero-order chi connectivity index (χ0) is 13.2. The lowest BCUT2D eigenvalue weighted by Crippen LogP contribution is -2.02. The highest BCUT2D eigenvalue weighted by Crippen LogP contribution is 2.12. The quantitative estimate of drug-likeness (QED) is 0.502. The monoisotopic (exact) mass is 247 g/mol. The minimum absolute atomic E-state index is 0.627. The van der Waals surface area contributed by atoms with E-state index in [-0.39, 0.29) is 0 Å². The van der Waals surface area contributed by atoms with Crippen LogP contribution in [0.1, 0.15) is 45.7 Å². The van der Waals surface area contributed by atoms with E-state index < -0.39 is 0 Å². The van der Waals surface area contributed by atoms with E-state index >= 15 is 0 Å². The van der Waals surface area contributed by atoms with Gasteiger partial charge in [-0.3, -0.25) is 4.98 Å². The van der Waals surface area contributed by atoms with Gasteiger partial charge in [-0.1, -0.05) is 24.6 Å². The number of rotatable bonds is 8. The summed E-state index contributed by atoms with van der Waals surface area (Å²) in [5.74, 6) is 0.726. The van der Waals surface area contributed by atoms with Crippen molar-refractivity contribution in [3.63, 3.8) is 0 Å².